The van der Waals surface area contributed by atoms with E-state index >= 15 is 0 Å². The van der Waals surface area contributed by atoms with Crippen LogP contribution in [0, 0.1) is 6.92 Å². The molecule has 0 aliphatic heterocycles. The second kappa shape index (κ2) is 14.6. The minimum Gasteiger partial charge on any atom is -0.350 e. The molecule has 7 nitrogen and oxygen atoms in total. The van der Waals surface area contributed by atoms with Gasteiger partial charge in [0.25, 0.3) is 10.0 Å². The number of carbonyl (C=O) groups excluding carboxylic acids is 2. The third-order valence-corrected chi connectivity index (χ3v) is 9.87. The quantitative estimate of drug-likeness (QED) is 0.179. The Morgan fingerprint density at radius 2 is 1.44 bits per heavy atom. The van der Waals surface area contributed by atoms with E-state index in [0.717, 1.165) is 19.9 Å². The third-order valence-electron chi connectivity index (χ3n) is 7.15. The van der Waals surface area contributed by atoms with Crippen LogP contribution in [0.15, 0.2) is 112 Å². The van der Waals surface area contributed by atoms with E-state index < -0.39 is 34.1 Å². The standard InChI is InChI=1S/C35H37BrClN3O4S/c1-25-30(37)16-11-17-31(25)40(45(43,44)29-14-9-6-10-15-29)24-33(41)39(23-27-18-20-28(36)21-19-27)32(34(42)38-35(2,3)4)22-26-12-7-5-8-13-26/h5-21,32H,22-24H2,1-4H3,(H,38,42). The first kappa shape index (κ1) is 34.2. The molecule has 0 saturated heterocycles. The van der Waals surface area contributed by atoms with Crippen molar-refractivity contribution in [1.29, 1.82) is 0 Å². The maximum Gasteiger partial charge on any atom is 0.264 e. The zero-order chi connectivity index (χ0) is 32.8. The molecule has 4 aromatic carbocycles. The number of amides is 2. The highest BCUT2D eigenvalue weighted by Gasteiger charge is 2.36. The molecule has 0 aliphatic carbocycles. The van der Waals surface area contributed by atoms with E-state index in [1.54, 1.807) is 43.3 Å². The molecule has 45 heavy (non-hydrogen) atoms. The normalized spacial score (nSPS) is 12.3. The maximum atomic E-state index is 14.6. The van der Waals surface area contributed by atoms with Crippen LogP contribution in [-0.2, 0) is 32.6 Å². The van der Waals surface area contributed by atoms with Crippen molar-refractivity contribution in [2.45, 2.75) is 57.1 Å². The highest BCUT2D eigenvalue weighted by atomic mass is 79.9. The lowest BCUT2D eigenvalue weighted by molar-refractivity contribution is -0.140. The summed E-state index contributed by atoms with van der Waals surface area (Å²) >= 11 is 9.90. The fourth-order valence-corrected chi connectivity index (χ4v) is 6.82. The molecule has 0 fully saturated rings. The highest BCUT2D eigenvalue weighted by molar-refractivity contribution is 9.10. The summed E-state index contributed by atoms with van der Waals surface area (Å²) < 4.78 is 30.3. The Morgan fingerprint density at radius 1 is 0.844 bits per heavy atom. The van der Waals surface area contributed by atoms with Crippen LogP contribution in [0.25, 0.3) is 0 Å². The van der Waals surface area contributed by atoms with Crippen molar-refractivity contribution in [2.24, 2.45) is 0 Å². The summed E-state index contributed by atoms with van der Waals surface area (Å²) in [6.07, 6.45) is 0.229. The van der Waals surface area contributed by atoms with E-state index in [-0.39, 0.29) is 29.5 Å². The van der Waals surface area contributed by atoms with Crippen LogP contribution >= 0.6 is 27.5 Å². The van der Waals surface area contributed by atoms with Crippen LogP contribution in [0.1, 0.15) is 37.5 Å². The molecule has 2 amide bonds. The van der Waals surface area contributed by atoms with Crippen LogP contribution in [-0.4, -0.2) is 43.3 Å². The van der Waals surface area contributed by atoms with Crippen molar-refractivity contribution in [3.8, 4) is 0 Å². The number of hydrogen-bond donors (Lipinski definition) is 1. The SMILES string of the molecule is Cc1c(Cl)cccc1N(CC(=O)N(Cc1ccc(Br)cc1)C(Cc1ccccc1)C(=O)NC(C)(C)C)S(=O)(=O)c1ccccc1. The smallest absolute Gasteiger partial charge is 0.264 e. The van der Waals surface area contributed by atoms with Crippen molar-refractivity contribution in [3.05, 3.63) is 129 Å². The number of benzene rings is 4. The van der Waals surface area contributed by atoms with Crippen LogP contribution in [0.3, 0.4) is 0 Å². The van der Waals surface area contributed by atoms with Crippen molar-refractivity contribution >= 4 is 55.1 Å². The average molecular weight is 711 g/mol. The van der Waals surface area contributed by atoms with Crippen LogP contribution in [0.4, 0.5) is 5.69 Å². The molecule has 0 aromatic heterocycles. The van der Waals surface area contributed by atoms with E-state index in [2.05, 4.69) is 21.2 Å². The molecule has 4 aromatic rings. The molecule has 4 rings (SSSR count). The molecule has 236 valence electrons. The number of rotatable bonds is 11. The zero-order valence-corrected chi connectivity index (χ0v) is 28.9. The number of carbonyl (C=O) groups is 2. The summed E-state index contributed by atoms with van der Waals surface area (Å²) in [6, 6.07) is 28.9. The lowest BCUT2D eigenvalue weighted by Gasteiger charge is -2.35. The predicted octanol–water partition coefficient (Wildman–Crippen LogP) is 7.16. The van der Waals surface area contributed by atoms with Gasteiger partial charge in [0.2, 0.25) is 11.8 Å². The Hall–Kier alpha value is -3.66. The van der Waals surface area contributed by atoms with Crippen LogP contribution in [0.2, 0.25) is 5.02 Å². The molecule has 0 saturated carbocycles. The average Bonchev–Trinajstić information content (AvgIpc) is 3.00. The first-order chi connectivity index (χ1) is 21.3. The third kappa shape index (κ3) is 8.96. The fraction of sp³-hybridized carbons (Fsp3) is 0.257. The number of hydrogen-bond acceptors (Lipinski definition) is 4. The van der Waals surface area contributed by atoms with Gasteiger partial charge in [-0.2, -0.15) is 0 Å². The highest BCUT2D eigenvalue weighted by Crippen LogP contribution is 2.31. The minimum atomic E-state index is -4.21. The molecule has 0 bridgehead atoms. The molecule has 1 unspecified atom stereocenters. The van der Waals surface area contributed by atoms with Crippen molar-refractivity contribution in [1.82, 2.24) is 10.2 Å². The number of halogens is 2. The lowest BCUT2D eigenvalue weighted by atomic mass is 10.0. The largest absolute Gasteiger partial charge is 0.350 e. The lowest BCUT2D eigenvalue weighted by Crippen LogP contribution is -2.56. The van der Waals surface area contributed by atoms with Crippen molar-refractivity contribution < 1.29 is 18.0 Å². The van der Waals surface area contributed by atoms with Gasteiger partial charge in [-0.15, -0.1) is 0 Å². The molecule has 0 heterocycles. The second-order valence-electron chi connectivity index (χ2n) is 11.8. The van der Waals surface area contributed by atoms with E-state index in [1.165, 1.54) is 17.0 Å². The van der Waals surface area contributed by atoms with Gasteiger partial charge in [-0.3, -0.25) is 13.9 Å². The molecule has 1 atom stereocenters. The van der Waals surface area contributed by atoms with Crippen LogP contribution < -0.4 is 9.62 Å². The van der Waals surface area contributed by atoms with Gasteiger partial charge in [0.1, 0.15) is 12.6 Å². The molecule has 0 spiro atoms. The topological polar surface area (TPSA) is 86.8 Å². The Bertz CT molecular complexity index is 1730. The summed E-state index contributed by atoms with van der Waals surface area (Å²) in [5.74, 6) is -0.880. The first-order valence-corrected chi connectivity index (χ1v) is 17.1. The fourth-order valence-electron chi connectivity index (χ4n) is 4.89. The van der Waals surface area contributed by atoms with E-state index in [4.69, 9.17) is 11.6 Å². The molecule has 1 N–H and O–H groups in total. The van der Waals surface area contributed by atoms with Gasteiger partial charge in [0.15, 0.2) is 0 Å². The minimum absolute atomic E-state index is 0.0305. The predicted molar refractivity (Wildman–Crippen MR) is 184 cm³/mol. The van der Waals surface area contributed by atoms with Gasteiger partial charge in [-0.1, -0.05) is 94.3 Å². The second-order valence-corrected chi connectivity index (χ2v) is 15.0. The summed E-state index contributed by atoms with van der Waals surface area (Å²) in [6.45, 7) is 6.87. The number of anilines is 1. The summed E-state index contributed by atoms with van der Waals surface area (Å²) in [4.78, 5) is 30.0. The van der Waals surface area contributed by atoms with E-state index in [9.17, 15) is 18.0 Å². The summed E-state index contributed by atoms with van der Waals surface area (Å²) in [7, 11) is -4.21. The molecule has 0 aliphatic rings. The Balaban J connectivity index is 1.84. The van der Waals surface area contributed by atoms with Gasteiger partial charge < -0.3 is 10.2 Å². The monoisotopic (exact) mass is 709 g/mol. The van der Waals surface area contributed by atoms with Gasteiger partial charge >= 0.3 is 0 Å². The van der Waals surface area contributed by atoms with Gasteiger partial charge in [0, 0.05) is 28.0 Å². The zero-order valence-electron chi connectivity index (χ0n) is 25.7. The first-order valence-electron chi connectivity index (χ1n) is 14.5. The summed E-state index contributed by atoms with van der Waals surface area (Å²) in [5, 5.41) is 3.40. The maximum absolute atomic E-state index is 14.6. The Morgan fingerprint density at radius 3 is 2.04 bits per heavy atom. The Labute approximate surface area is 279 Å². The van der Waals surface area contributed by atoms with Crippen molar-refractivity contribution in [3.63, 3.8) is 0 Å². The molecular weight excluding hydrogens is 674 g/mol. The van der Waals surface area contributed by atoms with Crippen LogP contribution in [0.5, 0.6) is 0 Å². The molecular formula is C35H37BrClN3O4S. The number of nitrogens with zero attached hydrogens (tertiary/aromatic N) is 2. The molecule has 10 heteroatoms. The Kier molecular flexibility index (Phi) is 11.1. The van der Waals surface area contributed by atoms with Gasteiger partial charge in [-0.05, 0) is 80.8 Å². The van der Waals surface area contributed by atoms with E-state index in [0.29, 0.717) is 10.6 Å². The number of sulfonamides is 1. The van der Waals surface area contributed by atoms with Gasteiger partial charge in [0.05, 0.1) is 10.6 Å². The van der Waals surface area contributed by atoms with Gasteiger partial charge in [-0.25, -0.2) is 8.42 Å². The van der Waals surface area contributed by atoms with Crippen molar-refractivity contribution in [2.75, 3.05) is 10.8 Å². The van der Waals surface area contributed by atoms with E-state index in [1.807, 2.05) is 75.4 Å². The summed E-state index contributed by atoms with van der Waals surface area (Å²) in [5.41, 5.74) is 1.86. The number of nitrogens with one attached hydrogen (secondary N) is 1. The molecule has 0 radical (unpaired) electrons.